The normalized spacial score (nSPS) is 19.0. The Balaban J connectivity index is 1.67. The average molecular weight is 517 g/mol. The molecule has 0 unspecified atom stereocenters. The molecule has 1 fully saturated rings. The maximum atomic E-state index is 13.5. The van der Waals surface area contributed by atoms with Crippen LogP contribution in [0.3, 0.4) is 0 Å². The van der Waals surface area contributed by atoms with E-state index in [-0.39, 0.29) is 25.4 Å². The fourth-order valence-electron chi connectivity index (χ4n) is 3.98. The number of ether oxygens (including phenoxy) is 1. The first-order valence-electron chi connectivity index (χ1n) is 12.0. The Kier molecular flexibility index (Phi) is 8.40. The molecular weight excluding hydrogens is 480 g/mol. The molecule has 0 saturated carbocycles. The number of aromatic nitrogens is 1. The van der Waals surface area contributed by atoms with E-state index in [1.807, 2.05) is 50.4 Å². The van der Waals surface area contributed by atoms with Gasteiger partial charge in [-0.05, 0) is 31.7 Å². The number of thiazole rings is 1. The van der Waals surface area contributed by atoms with Crippen LogP contribution in [-0.4, -0.2) is 63.2 Å². The summed E-state index contributed by atoms with van der Waals surface area (Å²) in [6.07, 6.45) is 0.344. The van der Waals surface area contributed by atoms with Gasteiger partial charge >= 0.3 is 6.09 Å². The molecule has 0 radical (unpaired) electrons. The van der Waals surface area contributed by atoms with Crippen molar-refractivity contribution in [2.24, 2.45) is 5.41 Å². The molecule has 3 rings (SSSR count). The standard InChI is InChI=1S/C26H36N4O5S/c1-25(2,3)20(29-24(34)35-26(4,5)6)23(33)30-15-18(31)13-19(30)21(32)28-14-16-7-9-17(10-8-16)22-27-11-12-36-22/h7-12,18-20,31H,13-15H2,1-6H3,(H,28,32)(H,29,34)/t18-,19+,20-/m1/s1. The Hall–Kier alpha value is -2.98. The lowest BCUT2D eigenvalue weighted by molar-refractivity contribution is -0.142. The third-order valence-corrected chi connectivity index (χ3v) is 6.56. The summed E-state index contributed by atoms with van der Waals surface area (Å²) in [5.74, 6) is -0.785. The highest BCUT2D eigenvalue weighted by Crippen LogP contribution is 2.27. The van der Waals surface area contributed by atoms with Crippen molar-refractivity contribution in [2.45, 2.75) is 78.3 Å². The topological polar surface area (TPSA) is 121 Å². The molecule has 1 aromatic carbocycles. The second-order valence-corrected chi connectivity index (χ2v) is 12.0. The van der Waals surface area contributed by atoms with Crippen molar-refractivity contribution in [3.63, 3.8) is 0 Å². The number of rotatable bonds is 6. The van der Waals surface area contributed by atoms with Gasteiger partial charge < -0.3 is 25.4 Å². The van der Waals surface area contributed by atoms with Gasteiger partial charge in [0.25, 0.3) is 0 Å². The second kappa shape index (κ2) is 11.0. The van der Waals surface area contributed by atoms with Crippen molar-refractivity contribution in [3.8, 4) is 10.6 Å². The summed E-state index contributed by atoms with van der Waals surface area (Å²) in [5.41, 5.74) is 0.530. The number of aliphatic hydroxyl groups is 1. The summed E-state index contributed by atoms with van der Waals surface area (Å²) < 4.78 is 5.34. The van der Waals surface area contributed by atoms with E-state index in [1.165, 1.54) is 4.90 Å². The number of carbonyl (C=O) groups is 3. The van der Waals surface area contributed by atoms with Gasteiger partial charge in [0, 0.05) is 36.7 Å². The van der Waals surface area contributed by atoms with E-state index in [0.717, 1.165) is 16.1 Å². The first-order valence-corrected chi connectivity index (χ1v) is 12.9. The molecule has 10 heteroatoms. The minimum absolute atomic E-state index is 0.0159. The highest BCUT2D eigenvalue weighted by Gasteiger charge is 2.44. The molecule has 36 heavy (non-hydrogen) atoms. The maximum Gasteiger partial charge on any atom is 0.408 e. The van der Waals surface area contributed by atoms with Gasteiger partial charge in [-0.15, -0.1) is 11.3 Å². The van der Waals surface area contributed by atoms with Crippen LogP contribution in [0.1, 0.15) is 53.5 Å². The van der Waals surface area contributed by atoms with Crippen molar-refractivity contribution in [1.29, 1.82) is 0 Å². The molecule has 0 bridgehead atoms. The lowest BCUT2D eigenvalue weighted by Crippen LogP contribution is -2.58. The Morgan fingerprint density at radius 1 is 1.17 bits per heavy atom. The number of nitrogens with zero attached hydrogens (tertiary/aromatic N) is 2. The van der Waals surface area contributed by atoms with Gasteiger partial charge in [-0.25, -0.2) is 9.78 Å². The van der Waals surface area contributed by atoms with Crippen LogP contribution in [-0.2, 0) is 20.9 Å². The van der Waals surface area contributed by atoms with E-state index in [9.17, 15) is 19.5 Å². The predicted octanol–water partition coefficient (Wildman–Crippen LogP) is 3.33. The first kappa shape index (κ1) is 27.6. The number of β-amino-alcohol motifs (C(OH)–C–C–N with tert-alkyl or cyclic N) is 1. The molecule has 0 aliphatic carbocycles. The summed E-state index contributed by atoms with van der Waals surface area (Å²) in [7, 11) is 0. The molecule has 0 spiro atoms. The van der Waals surface area contributed by atoms with Crippen LogP contribution in [0.4, 0.5) is 4.79 Å². The zero-order valence-electron chi connectivity index (χ0n) is 21.7. The van der Waals surface area contributed by atoms with E-state index in [4.69, 9.17) is 4.74 Å². The van der Waals surface area contributed by atoms with E-state index in [0.29, 0.717) is 0 Å². The largest absolute Gasteiger partial charge is 0.444 e. The molecule has 3 N–H and O–H groups in total. The molecule has 1 saturated heterocycles. The zero-order chi connectivity index (χ0) is 26.7. The van der Waals surface area contributed by atoms with Gasteiger partial charge in [0.2, 0.25) is 11.8 Å². The smallest absolute Gasteiger partial charge is 0.408 e. The predicted molar refractivity (Wildman–Crippen MR) is 138 cm³/mol. The highest BCUT2D eigenvalue weighted by molar-refractivity contribution is 7.13. The van der Waals surface area contributed by atoms with Crippen LogP contribution in [0.5, 0.6) is 0 Å². The van der Waals surface area contributed by atoms with Crippen LogP contribution in [0.15, 0.2) is 35.8 Å². The summed E-state index contributed by atoms with van der Waals surface area (Å²) in [5, 5.41) is 18.7. The fraction of sp³-hybridized carbons (Fsp3) is 0.538. The summed E-state index contributed by atoms with van der Waals surface area (Å²) in [6.45, 7) is 11.0. The number of hydrogen-bond donors (Lipinski definition) is 3. The number of carbonyl (C=O) groups excluding carboxylic acids is 3. The molecule has 3 amide bonds. The van der Waals surface area contributed by atoms with Crippen LogP contribution in [0.2, 0.25) is 0 Å². The van der Waals surface area contributed by atoms with Gasteiger partial charge in [0.15, 0.2) is 0 Å². The minimum Gasteiger partial charge on any atom is -0.444 e. The number of benzene rings is 1. The molecule has 1 aliphatic rings. The van der Waals surface area contributed by atoms with E-state index in [2.05, 4.69) is 15.6 Å². The Bertz CT molecular complexity index is 1060. The van der Waals surface area contributed by atoms with Crippen molar-refractivity contribution in [1.82, 2.24) is 20.5 Å². The van der Waals surface area contributed by atoms with Gasteiger partial charge in [-0.1, -0.05) is 45.0 Å². The van der Waals surface area contributed by atoms with Crippen molar-refractivity contribution in [3.05, 3.63) is 41.4 Å². The maximum absolute atomic E-state index is 13.5. The SMILES string of the molecule is CC(C)(C)OC(=O)N[C@H](C(=O)N1C[C@H](O)C[C@H]1C(=O)NCc1ccc(-c2nccs2)cc1)C(C)(C)C. The number of alkyl carbamates (subject to hydrolysis) is 1. The third-order valence-electron chi connectivity index (χ3n) is 5.74. The van der Waals surface area contributed by atoms with Gasteiger partial charge in [0.05, 0.1) is 6.10 Å². The lowest BCUT2D eigenvalue weighted by atomic mass is 9.85. The Morgan fingerprint density at radius 3 is 2.39 bits per heavy atom. The molecule has 9 nitrogen and oxygen atoms in total. The Labute approximate surface area is 216 Å². The van der Waals surface area contributed by atoms with Gasteiger partial charge in [0.1, 0.15) is 22.7 Å². The summed E-state index contributed by atoms with van der Waals surface area (Å²) >= 11 is 1.55. The van der Waals surface area contributed by atoms with Crippen molar-refractivity contribution in [2.75, 3.05) is 6.54 Å². The first-order chi connectivity index (χ1) is 16.7. The van der Waals surface area contributed by atoms with Gasteiger partial charge in [-0.2, -0.15) is 0 Å². The van der Waals surface area contributed by atoms with Crippen LogP contribution >= 0.6 is 11.3 Å². The highest BCUT2D eigenvalue weighted by atomic mass is 32.1. The van der Waals surface area contributed by atoms with Gasteiger partial charge in [-0.3, -0.25) is 9.59 Å². The molecule has 1 aliphatic heterocycles. The molecule has 196 valence electrons. The van der Waals surface area contributed by atoms with Crippen LogP contribution in [0, 0.1) is 5.41 Å². The van der Waals surface area contributed by atoms with Crippen molar-refractivity contribution < 1.29 is 24.2 Å². The lowest BCUT2D eigenvalue weighted by Gasteiger charge is -2.35. The number of aliphatic hydroxyl groups excluding tert-OH is 1. The monoisotopic (exact) mass is 516 g/mol. The number of nitrogens with one attached hydrogen (secondary N) is 2. The summed E-state index contributed by atoms with van der Waals surface area (Å²) in [4.78, 5) is 44.7. The molecule has 2 heterocycles. The molecule has 1 aromatic heterocycles. The van der Waals surface area contributed by atoms with Crippen LogP contribution in [0.25, 0.3) is 10.6 Å². The zero-order valence-corrected chi connectivity index (χ0v) is 22.5. The summed E-state index contributed by atoms with van der Waals surface area (Å²) in [6, 6.07) is 5.96. The minimum atomic E-state index is -0.939. The molecular formula is C26H36N4O5S. The Morgan fingerprint density at radius 2 is 1.83 bits per heavy atom. The second-order valence-electron chi connectivity index (χ2n) is 11.1. The van der Waals surface area contributed by atoms with E-state index >= 15 is 0 Å². The number of amides is 3. The van der Waals surface area contributed by atoms with E-state index < -0.39 is 41.2 Å². The van der Waals surface area contributed by atoms with Crippen LogP contribution < -0.4 is 10.6 Å². The quantitative estimate of drug-likeness (QED) is 0.542. The molecule has 3 atom stereocenters. The molecule has 2 aromatic rings. The average Bonchev–Trinajstić information content (AvgIpc) is 3.44. The fourth-order valence-corrected chi connectivity index (χ4v) is 4.63. The number of likely N-dealkylation sites (tertiary alicyclic amines) is 1. The van der Waals surface area contributed by atoms with E-state index in [1.54, 1.807) is 38.3 Å². The number of hydrogen-bond acceptors (Lipinski definition) is 7. The third kappa shape index (κ3) is 7.27. The van der Waals surface area contributed by atoms with Crippen molar-refractivity contribution >= 4 is 29.2 Å².